The van der Waals surface area contributed by atoms with E-state index in [1.54, 1.807) is 13.8 Å². The van der Waals surface area contributed by atoms with Crippen LogP contribution in [0.15, 0.2) is 24.3 Å². The normalized spacial score (nSPS) is 11.6. The topological polar surface area (TPSA) is 134 Å². The summed E-state index contributed by atoms with van der Waals surface area (Å²) >= 11 is 0. The second kappa shape index (κ2) is 15.9. The number of esters is 2. The first-order valence-electron chi connectivity index (χ1n) is 10.1. The molecule has 0 unspecified atom stereocenters. The summed E-state index contributed by atoms with van der Waals surface area (Å²) < 4.78 is 41.8. The molecule has 0 amide bonds. The summed E-state index contributed by atoms with van der Waals surface area (Å²) in [4.78, 5) is 26.4. The molecule has 0 aromatic heterocycles. The Morgan fingerprint density at radius 3 is 1.12 bits per heavy atom. The Kier molecular flexibility index (Phi) is 17.3. The van der Waals surface area contributed by atoms with Crippen LogP contribution in [0.2, 0.25) is 0 Å². The molecule has 0 bridgehead atoms. The van der Waals surface area contributed by atoms with Crippen LogP contribution in [0.3, 0.4) is 0 Å². The summed E-state index contributed by atoms with van der Waals surface area (Å²) in [5.41, 5.74) is 0.861. The Morgan fingerprint density at radius 2 is 0.970 bits per heavy atom. The van der Waals surface area contributed by atoms with E-state index in [4.69, 9.17) is 27.0 Å². The van der Waals surface area contributed by atoms with Crippen LogP contribution in [-0.2, 0) is 29.5 Å². The molecule has 10 nitrogen and oxygen atoms in total. The van der Waals surface area contributed by atoms with Crippen LogP contribution in [0.1, 0.15) is 41.5 Å². The Labute approximate surface area is 200 Å². The SMILES string of the molecule is C=C(C)C(=O)OCC(C)(C)CN(C)C.C=C(C)C(=O)OCC(C)(C)CN(C)C.O=S(=O)(O)O. The molecule has 2 N–H and O–H groups in total. The van der Waals surface area contributed by atoms with Crippen molar-refractivity contribution in [2.45, 2.75) is 41.5 Å². The first kappa shape index (κ1) is 35.8. The van der Waals surface area contributed by atoms with Crippen LogP contribution in [0.5, 0.6) is 0 Å². The molecule has 0 aliphatic heterocycles. The Balaban J connectivity index is -0.000000453. The molecule has 0 rings (SSSR count). The Morgan fingerprint density at radius 1 is 0.758 bits per heavy atom. The van der Waals surface area contributed by atoms with Crippen molar-refractivity contribution in [1.29, 1.82) is 0 Å². The van der Waals surface area contributed by atoms with Gasteiger partial charge in [0.25, 0.3) is 0 Å². The number of ether oxygens (including phenoxy) is 2. The van der Waals surface area contributed by atoms with Gasteiger partial charge in [-0.15, -0.1) is 0 Å². The molecule has 0 heterocycles. The van der Waals surface area contributed by atoms with Gasteiger partial charge in [0, 0.05) is 35.1 Å². The lowest BCUT2D eigenvalue weighted by Gasteiger charge is -2.27. The summed E-state index contributed by atoms with van der Waals surface area (Å²) in [7, 11) is 3.34. The molecule has 11 heteroatoms. The van der Waals surface area contributed by atoms with Gasteiger partial charge in [0.1, 0.15) is 0 Å². The van der Waals surface area contributed by atoms with Gasteiger partial charge in [-0.25, -0.2) is 9.59 Å². The molecule has 0 aromatic carbocycles. The van der Waals surface area contributed by atoms with Crippen molar-refractivity contribution >= 4 is 22.3 Å². The Hall–Kier alpha value is -1.79. The van der Waals surface area contributed by atoms with Crippen LogP contribution in [0.4, 0.5) is 0 Å². The lowest BCUT2D eigenvalue weighted by molar-refractivity contribution is -0.143. The second-order valence-corrected chi connectivity index (χ2v) is 10.9. The number of nitrogens with zero attached hydrogens (tertiary/aromatic N) is 2. The molecule has 0 aliphatic carbocycles. The monoisotopic (exact) mass is 496 g/mol. The highest BCUT2D eigenvalue weighted by molar-refractivity contribution is 7.79. The van der Waals surface area contributed by atoms with Gasteiger partial charge in [-0.05, 0) is 42.0 Å². The number of rotatable bonds is 10. The van der Waals surface area contributed by atoms with E-state index in [1.807, 2.05) is 28.2 Å². The lowest BCUT2D eigenvalue weighted by Crippen LogP contribution is -2.33. The van der Waals surface area contributed by atoms with E-state index in [2.05, 4.69) is 50.7 Å². The maximum absolute atomic E-state index is 11.1. The van der Waals surface area contributed by atoms with E-state index in [9.17, 15) is 9.59 Å². The average Bonchev–Trinajstić information content (AvgIpc) is 2.54. The van der Waals surface area contributed by atoms with Crippen molar-refractivity contribution in [3.63, 3.8) is 0 Å². The molecule has 0 saturated heterocycles. The minimum absolute atomic E-state index is 0.0192. The molecule has 0 aromatic rings. The average molecular weight is 497 g/mol. The summed E-state index contributed by atoms with van der Waals surface area (Å²) in [6.07, 6.45) is 0. The van der Waals surface area contributed by atoms with E-state index < -0.39 is 10.4 Å². The number of carbonyl (C=O) groups is 2. The van der Waals surface area contributed by atoms with Crippen LogP contribution >= 0.6 is 0 Å². The molecule has 0 fully saturated rings. The number of hydrogen-bond acceptors (Lipinski definition) is 8. The van der Waals surface area contributed by atoms with Crippen molar-refractivity contribution in [2.75, 3.05) is 54.5 Å². The number of carbonyl (C=O) groups excluding carboxylic acids is 2. The third-order valence-electron chi connectivity index (χ3n) is 3.37. The molecule has 0 spiro atoms. The van der Waals surface area contributed by atoms with E-state index in [0.29, 0.717) is 24.4 Å². The van der Waals surface area contributed by atoms with Gasteiger partial charge in [0.2, 0.25) is 0 Å². The van der Waals surface area contributed by atoms with E-state index in [0.717, 1.165) is 13.1 Å². The van der Waals surface area contributed by atoms with Crippen LogP contribution in [0, 0.1) is 10.8 Å². The van der Waals surface area contributed by atoms with Gasteiger partial charge in [0.15, 0.2) is 0 Å². The molecule has 0 saturated carbocycles. The predicted octanol–water partition coefficient (Wildman–Crippen LogP) is 2.73. The quantitative estimate of drug-likeness (QED) is 0.264. The first-order chi connectivity index (χ1) is 14.5. The zero-order valence-electron chi connectivity index (χ0n) is 21.9. The van der Waals surface area contributed by atoms with Gasteiger partial charge in [-0.1, -0.05) is 40.9 Å². The van der Waals surface area contributed by atoms with E-state index in [1.165, 1.54) is 0 Å². The lowest BCUT2D eigenvalue weighted by atomic mass is 9.94. The maximum Gasteiger partial charge on any atom is 0.394 e. The van der Waals surface area contributed by atoms with Crippen molar-refractivity contribution in [2.24, 2.45) is 10.8 Å². The fraction of sp³-hybridized carbons (Fsp3) is 0.727. The maximum atomic E-state index is 11.1. The molecule has 0 atom stereocenters. The fourth-order valence-electron chi connectivity index (χ4n) is 2.57. The van der Waals surface area contributed by atoms with Crippen LogP contribution < -0.4 is 0 Å². The summed E-state index contributed by atoms with van der Waals surface area (Å²) in [6.45, 7) is 21.3. The fourth-order valence-corrected chi connectivity index (χ4v) is 2.57. The van der Waals surface area contributed by atoms with E-state index >= 15 is 0 Å². The zero-order chi connectivity index (χ0) is 27.2. The number of hydrogen-bond donors (Lipinski definition) is 2. The van der Waals surface area contributed by atoms with E-state index in [-0.39, 0.29) is 22.8 Å². The highest BCUT2D eigenvalue weighted by atomic mass is 32.3. The van der Waals surface area contributed by atoms with Gasteiger partial charge in [-0.2, -0.15) is 8.42 Å². The summed E-state index contributed by atoms with van der Waals surface area (Å²) in [5.74, 6) is -0.617. The van der Waals surface area contributed by atoms with Gasteiger partial charge < -0.3 is 19.3 Å². The van der Waals surface area contributed by atoms with Crippen LogP contribution in [0.25, 0.3) is 0 Å². The predicted molar refractivity (Wildman–Crippen MR) is 130 cm³/mol. The van der Waals surface area contributed by atoms with Crippen molar-refractivity contribution in [1.82, 2.24) is 9.80 Å². The highest BCUT2D eigenvalue weighted by Crippen LogP contribution is 2.17. The standard InChI is InChI=1S/2C11H21NO2.H2O4S/c2*1-9(2)10(13)14-8-11(3,4)7-12(5)6;1-5(2,3)4/h2*1,7-8H2,2-6H3;(H2,1,2,3,4). The molecule has 33 heavy (non-hydrogen) atoms. The first-order valence-corrected chi connectivity index (χ1v) is 11.5. The summed E-state index contributed by atoms with van der Waals surface area (Å²) in [5, 5.41) is 0. The van der Waals surface area contributed by atoms with Crippen molar-refractivity contribution in [3.05, 3.63) is 24.3 Å². The molecular formula is C22H44N2O8S. The minimum Gasteiger partial charge on any atom is -0.462 e. The van der Waals surface area contributed by atoms with Gasteiger partial charge in [-0.3, -0.25) is 9.11 Å². The smallest absolute Gasteiger partial charge is 0.394 e. The van der Waals surface area contributed by atoms with Gasteiger partial charge in [0.05, 0.1) is 13.2 Å². The molecule has 0 aliphatic rings. The van der Waals surface area contributed by atoms with Gasteiger partial charge >= 0.3 is 22.3 Å². The minimum atomic E-state index is -4.67. The Bertz CT molecular complexity index is 685. The van der Waals surface area contributed by atoms with Crippen LogP contribution in [-0.4, -0.2) is 93.8 Å². The molecular weight excluding hydrogens is 452 g/mol. The second-order valence-electron chi connectivity index (χ2n) is 9.96. The third-order valence-corrected chi connectivity index (χ3v) is 3.37. The van der Waals surface area contributed by atoms with Crippen molar-refractivity contribution < 1.29 is 36.6 Å². The zero-order valence-corrected chi connectivity index (χ0v) is 22.7. The van der Waals surface area contributed by atoms with Crippen molar-refractivity contribution in [3.8, 4) is 0 Å². The third kappa shape index (κ3) is 30.2. The highest BCUT2D eigenvalue weighted by Gasteiger charge is 2.22. The molecule has 196 valence electrons. The largest absolute Gasteiger partial charge is 0.462 e. The summed E-state index contributed by atoms with van der Waals surface area (Å²) in [6, 6.07) is 0. The molecule has 0 radical (unpaired) electrons.